The monoisotopic (exact) mass is 421 g/mol. The van der Waals surface area contributed by atoms with Crippen LogP contribution in [0.25, 0.3) is 5.69 Å². The molecule has 0 aliphatic heterocycles. The molecule has 0 saturated heterocycles. The third kappa shape index (κ3) is 4.95. The van der Waals surface area contributed by atoms with E-state index < -0.39 is 23.9 Å². The molecule has 0 aliphatic rings. The topological polar surface area (TPSA) is 129 Å². The fourth-order valence-corrected chi connectivity index (χ4v) is 2.94. The molecule has 0 radical (unpaired) electrons. The summed E-state index contributed by atoms with van der Waals surface area (Å²) < 4.78 is 5.27. The molecular formula is C22H23N5O4. The molecule has 0 unspecified atom stereocenters. The summed E-state index contributed by atoms with van der Waals surface area (Å²) in [6.45, 7) is 7.02. The van der Waals surface area contributed by atoms with Gasteiger partial charge in [-0.3, -0.25) is 9.59 Å². The number of nitrogens with one attached hydrogen (secondary N) is 1. The van der Waals surface area contributed by atoms with Gasteiger partial charge >= 0.3 is 5.97 Å². The molecule has 9 nitrogen and oxygen atoms in total. The predicted molar refractivity (Wildman–Crippen MR) is 114 cm³/mol. The zero-order chi connectivity index (χ0) is 22.7. The van der Waals surface area contributed by atoms with Crippen molar-refractivity contribution in [1.82, 2.24) is 15.0 Å². The van der Waals surface area contributed by atoms with Gasteiger partial charge in [0, 0.05) is 11.3 Å². The van der Waals surface area contributed by atoms with E-state index in [-0.39, 0.29) is 5.69 Å². The number of anilines is 1. The second kappa shape index (κ2) is 8.78. The summed E-state index contributed by atoms with van der Waals surface area (Å²) in [6, 6.07) is 11.8. The lowest BCUT2D eigenvalue weighted by Gasteiger charge is -2.13. The van der Waals surface area contributed by atoms with Crippen LogP contribution in [0.3, 0.4) is 0 Å². The number of rotatable bonds is 6. The Morgan fingerprint density at radius 2 is 1.71 bits per heavy atom. The van der Waals surface area contributed by atoms with Crippen LogP contribution in [0.5, 0.6) is 0 Å². The second-order valence-electron chi connectivity index (χ2n) is 7.19. The molecule has 3 aromatic rings. The van der Waals surface area contributed by atoms with Crippen LogP contribution in [-0.2, 0) is 9.53 Å². The molecule has 2 amide bonds. The number of nitrogens with two attached hydrogens (primary N) is 1. The number of amides is 2. The number of hydrogen-bond acceptors (Lipinski definition) is 6. The van der Waals surface area contributed by atoms with Crippen LogP contribution in [-0.4, -0.2) is 38.9 Å². The number of aromatic nitrogens is 3. The van der Waals surface area contributed by atoms with Gasteiger partial charge < -0.3 is 15.8 Å². The first-order valence-electron chi connectivity index (χ1n) is 9.59. The van der Waals surface area contributed by atoms with E-state index in [9.17, 15) is 14.4 Å². The van der Waals surface area contributed by atoms with E-state index in [2.05, 4.69) is 15.5 Å². The molecule has 0 saturated carbocycles. The molecule has 3 rings (SSSR count). The van der Waals surface area contributed by atoms with E-state index in [4.69, 9.17) is 10.5 Å². The number of carbonyl (C=O) groups excluding carboxylic acids is 3. The van der Waals surface area contributed by atoms with Crippen LogP contribution in [0.4, 0.5) is 5.69 Å². The van der Waals surface area contributed by atoms with Crippen molar-refractivity contribution >= 4 is 23.5 Å². The Kier molecular flexibility index (Phi) is 6.15. The fraction of sp³-hybridized carbons (Fsp3) is 0.227. The van der Waals surface area contributed by atoms with Gasteiger partial charge in [-0.15, -0.1) is 5.10 Å². The lowest BCUT2D eigenvalue weighted by Crippen LogP contribution is -2.30. The van der Waals surface area contributed by atoms with Gasteiger partial charge in [-0.2, -0.15) is 9.90 Å². The third-order valence-electron chi connectivity index (χ3n) is 4.63. The number of ether oxygens (including phenoxy) is 1. The highest BCUT2D eigenvalue weighted by Crippen LogP contribution is 2.16. The molecule has 0 bridgehead atoms. The number of carbonyl (C=O) groups is 3. The molecule has 3 N–H and O–H groups in total. The van der Waals surface area contributed by atoms with Crippen molar-refractivity contribution < 1.29 is 19.1 Å². The second-order valence-corrected chi connectivity index (χ2v) is 7.19. The molecule has 1 heterocycles. The smallest absolute Gasteiger partial charge is 0.361 e. The Hall–Kier alpha value is -4.01. The van der Waals surface area contributed by atoms with E-state index in [1.807, 2.05) is 32.0 Å². The highest BCUT2D eigenvalue weighted by atomic mass is 16.5. The predicted octanol–water partition coefficient (Wildman–Crippen LogP) is 2.48. The molecule has 2 aromatic carbocycles. The van der Waals surface area contributed by atoms with Gasteiger partial charge in [-0.25, -0.2) is 4.79 Å². The highest BCUT2D eigenvalue weighted by Gasteiger charge is 2.24. The van der Waals surface area contributed by atoms with Crippen LogP contribution in [0.2, 0.25) is 0 Å². The number of hydrogen-bond donors (Lipinski definition) is 2. The Morgan fingerprint density at radius 3 is 2.32 bits per heavy atom. The van der Waals surface area contributed by atoms with Gasteiger partial charge in [0.1, 0.15) is 0 Å². The minimum absolute atomic E-state index is 0.0328. The van der Waals surface area contributed by atoms with Crippen LogP contribution < -0.4 is 11.1 Å². The maximum atomic E-state index is 12.6. The Balaban J connectivity index is 1.68. The molecule has 9 heteroatoms. The van der Waals surface area contributed by atoms with Crippen molar-refractivity contribution in [2.45, 2.75) is 33.8 Å². The van der Waals surface area contributed by atoms with Crippen molar-refractivity contribution in [2.75, 3.05) is 5.32 Å². The van der Waals surface area contributed by atoms with Crippen LogP contribution >= 0.6 is 0 Å². The lowest BCUT2D eigenvalue weighted by atomic mass is 10.1. The number of primary amides is 1. The Bertz CT molecular complexity index is 1150. The molecule has 0 aliphatic carbocycles. The minimum atomic E-state index is -1.08. The van der Waals surface area contributed by atoms with Gasteiger partial charge in [0.15, 0.2) is 11.8 Å². The summed E-state index contributed by atoms with van der Waals surface area (Å²) in [5.74, 6) is -1.84. The summed E-state index contributed by atoms with van der Waals surface area (Å²) in [6.07, 6.45) is -1.08. The largest absolute Gasteiger partial charge is 0.448 e. The Morgan fingerprint density at radius 1 is 1.03 bits per heavy atom. The first-order valence-corrected chi connectivity index (χ1v) is 9.59. The number of esters is 1. The maximum Gasteiger partial charge on any atom is 0.361 e. The zero-order valence-electron chi connectivity index (χ0n) is 17.7. The van der Waals surface area contributed by atoms with Gasteiger partial charge in [0.2, 0.25) is 5.91 Å². The van der Waals surface area contributed by atoms with Crippen molar-refractivity contribution in [3.05, 3.63) is 70.5 Å². The summed E-state index contributed by atoms with van der Waals surface area (Å²) in [7, 11) is 0. The van der Waals surface area contributed by atoms with Crippen molar-refractivity contribution in [3.8, 4) is 5.69 Å². The van der Waals surface area contributed by atoms with Crippen LogP contribution in [0.15, 0.2) is 42.5 Å². The summed E-state index contributed by atoms with van der Waals surface area (Å²) in [5, 5.41) is 11.2. The van der Waals surface area contributed by atoms with Crippen LogP contribution in [0, 0.1) is 20.8 Å². The first-order chi connectivity index (χ1) is 14.7. The summed E-state index contributed by atoms with van der Waals surface area (Å²) in [5.41, 5.74) is 9.19. The van der Waals surface area contributed by atoms with Gasteiger partial charge in [0.05, 0.1) is 11.4 Å². The molecule has 31 heavy (non-hydrogen) atoms. The molecule has 1 aromatic heterocycles. The summed E-state index contributed by atoms with van der Waals surface area (Å²) >= 11 is 0. The highest BCUT2D eigenvalue weighted by molar-refractivity contribution is 5.98. The van der Waals surface area contributed by atoms with Gasteiger partial charge in [0.25, 0.3) is 5.91 Å². The van der Waals surface area contributed by atoms with Gasteiger partial charge in [-0.1, -0.05) is 17.7 Å². The normalized spacial score (nSPS) is 11.6. The third-order valence-corrected chi connectivity index (χ3v) is 4.63. The van der Waals surface area contributed by atoms with E-state index >= 15 is 0 Å². The standard InChI is InChI=1S/C22H23N5O4/c1-12-5-10-18(13(2)11-12)27-25-14(3)19(26-27)22(30)31-15(4)21(29)24-17-8-6-16(7-9-17)20(23)28/h5-11,15H,1-4H3,(H2,23,28)(H,24,29)/t15-/m1/s1. The van der Waals surface area contributed by atoms with Gasteiger partial charge in [-0.05, 0) is 63.6 Å². The van der Waals surface area contributed by atoms with Crippen LogP contribution in [0.1, 0.15) is 44.6 Å². The van der Waals surface area contributed by atoms with E-state index in [1.165, 1.54) is 36.0 Å². The first kappa shape index (κ1) is 21.7. The van der Waals surface area contributed by atoms with Crippen molar-refractivity contribution in [3.63, 3.8) is 0 Å². The SMILES string of the molecule is Cc1ccc(-n2nc(C)c(C(=O)O[C@H](C)C(=O)Nc3ccc(C(N)=O)cc3)n2)c(C)c1. The van der Waals surface area contributed by atoms with Crippen molar-refractivity contribution in [2.24, 2.45) is 5.73 Å². The quantitative estimate of drug-likeness (QED) is 0.588. The lowest BCUT2D eigenvalue weighted by molar-refractivity contribution is -0.123. The molecule has 1 atom stereocenters. The Labute approximate surface area is 179 Å². The van der Waals surface area contributed by atoms with E-state index in [0.717, 1.165) is 16.8 Å². The number of nitrogens with zero attached hydrogens (tertiary/aromatic N) is 3. The van der Waals surface area contributed by atoms with E-state index in [0.29, 0.717) is 16.9 Å². The molecule has 0 spiro atoms. The molecule has 160 valence electrons. The van der Waals surface area contributed by atoms with Crippen molar-refractivity contribution in [1.29, 1.82) is 0 Å². The average molecular weight is 421 g/mol. The van der Waals surface area contributed by atoms with E-state index in [1.54, 1.807) is 6.92 Å². The zero-order valence-corrected chi connectivity index (χ0v) is 17.7. The molecular weight excluding hydrogens is 398 g/mol. The number of aryl methyl sites for hydroxylation is 3. The maximum absolute atomic E-state index is 12.6. The average Bonchev–Trinajstić information content (AvgIpc) is 3.09. The molecule has 0 fully saturated rings. The number of benzene rings is 2. The summed E-state index contributed by atoms with van der Waals surface area (Å²) in [4.78, 5) is 37.4. The fourth-order valence-electron chi connectivity index (χ4n) is 2.94. The minimum Gasteiger partial charge on any atom is -0.448 e.